The number of azo groups is 1. The Morgan fingerprint density at radius 3 is 2.08 bits per heavy atom. The van der Waals surface area contributed by atoms with Gasteiger partial charge in [0.1, 0.15) is 38.5 Å². The van der Waals surface area contributed by atoms with Crippen molar-refractivity contribution in [1.29, 1.82) is 0 Å². The number of phenols is 1. The van der Waals surface area contributed by atoms with Gasteiger partial charge in [-0.05, 0) is 36.4 Å². The summed E-state index contributed by atoms with van der Waals surface area (Å²) >= 11 is 0. The van der Waals surface area contributed by atoms with Crippen molar-refractivity contribution in [1.82, 2.24) is 0 Å². The van der Waals surface area contributed by atoms with Gasteiger partial charge in [0.25, 0.3) is 25.8 Å². The molecule has 19 nitrogen and oxygen atoms in total. The van der Waals surface area contributed by atoms with Gasteiger partial charge in [-0.15, -0.1) is 10.2 Å². The second-order valence-corrected chi connectivity index (χ2v) is 17.1. The summed E-state index contributed by atoms with van der Waals surface area (Å²) in [5.74, 6) is -1.24. The topological polar surface area (TPSA) is 287 Å². The molecule has 4 N–H and O–H groups in total. The van der Waals surface area contributed by atoms with Crippen molar-refractivity contribution in [2.24, 2.45) is 10.2 Å². The Morgan fingerprint density at radius 2 is 1.49 bits per heavy atom. The average Bonchev–Trinajstić information content (AvgIpc) is 2.99. The molecule has 0 saturated carbocycles. The molecule has 0 aliphatic rings. The number of ether oxygens (including phenoxy) is 2. The van der Waals surface area contributed by atoms with Crippen molar-refractivity contribution in [2.75, 3.05) is 42.3 Å². The van der Waals surface area contributed by atoms with Crippen molar-refractivity contribution in [3.63, 3.8) is 0 Å². The van der Waals surface area contributed by atoms with Crippen molar-refractivity contribution in [2.45, 2.75) is 14.7 Å². The van der Waals surface area contributed by atoms with Gasteiger partial charge in [0.05, 0.1) is 34.8 Å². The molecule has 0 heterocycles. The number of nitrogens with one attached hydrogen (secondary N) is 2. The van der Waals surface area contributed by atoms with Crippen LogP contribution in [0.25, 0.3) is 10.8 Å². The second-order valence-electron chi connectivity index (χ2n) is 10.3. The normalized spacial score (nSPS) is 12.4. The van der Waals surface area contributed by atoms with Gasteiger partial charge in [0.15, 0.2) is 9.84 Å². The van der Waals surface area contributed by atoms with Crippen LogP contribution in [0.2, 0.25) is 0 Å². The number of methoxy groups -OCH3 is 1. The van der Waals surface area contributed by atoms with Gasteiger partial charge in [-0.3, -0.25) is 24.1 Å². The van der Waals surface area contributed by atoms with Crippen LogP contribution in [-0.4, -0.2) is 111 Å². The summed E-state index contributed by atoms with van der Waals surface area (Å²) < 4.78 is 125. The van der Waals surface area contributed by atoms with Crippen molar-refractivity contribution in [3.8, 4) is 11.5 Å². The molecule has 0 fully saturated rings. The zero-order chi connectivity index (χ0) is 37.2. The predicted molar refractivity (Wildman–Crippen MR) is 186 cm³/mol. The summed E-state index contributed by atoms with van der Waals surface area (Å²) in [5.41, 5.74) is -2.01. The SMILES string of the molecule is COCCOc1ccc(NS(=O)(=O)c2cc(N=Nc3ccc([N+](=O)[O-])cc3S(C)(=O)=O)c3c(NS(C)(=O)=O)cccc3c2O)cc1S(=O)(=O)O.[NaH]. The molecular weight excluding hydrogens is 770 g/mol. The predicted octanol–water partition coefficient (Wildman–Crippen LogP) is 3.07. The number of benzene rings is 4. The summed E-state index contributed by atoms with van der Waals surface area (Å²) in [5, 5.41) is 29.8. The molecule has 4 aromatic rings. The number of nitro groups is 1. The van der Waals surface area contributed by atoms with Crippen LogP contribution in [0.15, 0.2) is 85.6 Å². The van der Waals surface area contributed by atoms with Crippen LogP contribution in [-0.2, 0) is 44.7 Å². The van der Waals surface area contributed by atoms with Gasteiger partial charge in [0, 0.05) is 36.3 Å². The third-order valence-corrected chi connectivity index (χ3v) is 10.5. The monoisotopic (exact) mass is 797 g/mol. The molecule has 270 valence electrons. The van der Waals surface area contributed by atoms with Crippen LogP contribution in [0.3, 0.4) is 0 Å². The number of fused-ring (bicyclic) bond motifs is 1. The zero-order valence-corrected chi connectivity index (χ0v) is 29.2. The van der Waals surface area contributed by atoms with Gasteiger partial charge < -0.3 is 14.6 Å². The molecule has 0 unspecified atom stereocenters. The number of rotatable bonds is 14. The number of sulfone groups is 1. The summed E-state index contributed by atoms with van der Waals surface area (Å²) in [7, 11) is -16.6. The molecule has 0 aliphatic carbocycles. The first-order chi connectivity index (χ1) is 23.1. The molecule has 0 amide bonds. The number of hydrogen-bond acceptors (Lipinski definition) is 15. The Labute approximate surface area is 313 Å². The van der Waals surface area contributed by atoms with Crippen LogP contribution < -0.4 is 14.2 Å². The Bertz CT molecular complexity index is 2490. The van der Waals surface area contributed by atoms with E-state index < -0.39 is 88.1 Å². The summed E-state index contributed by atoms with van der Waals surface area (Å²) in [6, 6.07) is 10.1. The van der Waals surface area contributed by atoms with Gasteiger partial charge in [0.2, 0.25) is 10.0 Å². The number of phenolic OH excluding ortho intramolecular Hbond substituents is 1. The zero-order valence-electron chi connectivity index (χ0n) is 26.0. The maximum atomic E-state index is 13.7. The van der Waals surface area contributed by atoms with Gasteiger partial charge >= 0.3 is 29.6 Å². The van der Waals surface area contributed by atoms with Crippen LogP contribution in [0.5, 0.6) is 11.5 Å². The van der Waals surface area contributed by atoms with Crippen LogP contribution in [0, 0.1) is 10.1 Å². The number of sulfonamides is 2. The van der Waals surface area contributed by atoms with Gasteiger partial charge in [-0.2, -0.15) is 8.42 Å². The third-order valence-electron chi connectivity index (χ3n) is 6.50. The fourth-order valence-electron chi connectivity index (χ4n) is 4.43. The van der Waals surface area contributed by atoms with Crippen LogP contribution in [0.1, 0.15) is 0 Å². The first-order valence-electron chi connectivity index (χ1n) is 13.5. The van der Waals surface area contributed by atoms with Crippen LogP contribution in [0.4, 0.5) is 28.4 Å². The fourth-order valence-corrected chi connectivity index (χ4v) is 7.66. The van der Waals surface area contributed by atoms with E-state index in [4.69, 9.17) is 9.47 Å². The van der Waals surface area contributed by atoms with Crippen molar-refractivity contribution in [3.05, 3.63) is 70.8 Å². The standard InChI is InChI=1S/C27H27N5O14S4.Na.H/c1-45-11-12-46-22-10-7-16(13-24(22)50(42,43)44)30-49(40,41)25-15-21(26-18(27(25)33)5-4-6-20(26)31-48(3,38)39)29-28-19-9-8-17(32(34)35)14-23(19)47(2,36)37;;/h4-10,13-15,30-31,33H,11-12H2,1-3H3,(H,42,43,44);;. The molecule has 24 heteroatoms. The molecular formula is C27H28N5NaO14S4. The van der Waals surface area contributed by atoms with E-state index >= 15 is 0 Å². The molecule has 51 heavy (non-hydrogen) atoms. The Balaban J connectivity index is 0.00000702. The van der Waals surface area contributed by atoms with E-state index in [1.54, 1.807) is 0 Å². The summed E-state index contributed by atoms with van der Waals surface area (Å²) in [4.78, 5) is 8.14. The molecule has 0 spiro atoms. The van der Waals surface area contributed by atoms with E-state index in [0.717, 1.165) is 55.0 Å². The third kappa shape index (κ3) is 10.1. The number of aromatic hydroxyl groups is 1. The first kappa shape index (κ1) is 41.5. The van der Waals surface area contributed by atoms with E-state index in [9.17, 15) is 53.4 Å². The number of non-ortho nitro benzene ring substituents is 1. The second kappa shape index (κ2) is 15.7. The van der Waals surface area contributed by atoms with Crippen LogP contribution >= 0.6 is 0 Å². The van der Waals surface area contributed by atoms with E-state index in [2.05, 4.69) is 19.7 Å². The Hall–Kier alpha value is -3.94. The number of hydrogen-bond donors (Lipinski definition) is 4. The first-order valence-corrected chi connectivity index (χ1v) is 20.3. The number of nitro benzene ring substituents is 1. The van der Waals surface area contributed by atoms with E-state index in [-0.39, 0.29) is 65.0 Å². The van der Waals surface area contributed by atoms with E-state index in [0.29, 0.717) is 0 Å². The average molecular weight is 798 g/mol. The fraction of sp³-hybridized carbons (Fsp3) is 0.185. The Kier molecular flexibility index (Phi) is 12.8. The van der Waals surface area contributed by atoms with Crippen molar-refractivity contribution < 1.29 is 57.7 Å². The van der Waals surface area contributed by atoms with Gasteiger partial charge in [-0.25, -0.2) is 25.3 Å². The summed E-state index contributed by atoms with van der Waals surface area (Å²) in [6.07, 6.45) is 1.58. The Morgan fingerprint density at radius 1 is 0.824 bits per heavy atom. The minimum atomic E-state index is -4.95. The van der Waals surface area contributed by atoms with Gasteiger partial charge in [-0.1, -0.05) is 12.1 Å². The number of nitrogens with zero attached hydrogens (tertiary/aromatic N) is 3. The number of anilines is 2. The molecule has 0 aromatic heterocycles. The summed E-state index contributed by atoms with van der Waals surface area (Å²) in [6.45, 7) is -0.0600. The van der Waals surface area contributed by atoms with E-state index in [1.807, 2.05) is 0 Å². The van der Waals surface area contributed by atoms with Crippen molar-refractivity contribution >= 4 is 109 Å². The molecule has 4 rings (SSSR count). The molecule has 4 aromatic carbocycles. The quantitative estimate of drug-likeness (QED) is 0.0356. The molecule has 0 bridgehead atoms. The molecule has 0 radical (unpaired) electrons. The molecule has 0 atom stereocenters. The van der Waals surface area contributed by atoms with E-state index in [1.165, 1.54) is 25.3 Å². The molecule has 0 saturated heterocycles. The minimum absolute atomic E-state index is 0. The molecule has 0 aliphatic heterocycles. The maximum absolute atomic E-state index is 13.7.